The number of nitrogens with zero attached hydrogens (tertiary/aromatic N) is 3. The van der Waals surface area contributed by atoms with E-state index in [9.17, 15) is 0 Å². The van der Waals surface area contributed by atoms with Gasteiger partial charge in [0, 0.05) is 79.9 Å². The minimum absolute atomic E-state index is 0. The molecule has 2 rings (SSSR count). The van der Waals surface area contributed by atoms with Gasteiger partial charge in [-0.3, -0.25) is 0 Å². The Kier molecular flexibility index (Phi) is 20.6. The summed E-state index contributed by atoms with van der Waals surface area (Å²) in [6.45, 7) is 19.3. The number of hydrogen-bond acceptors (Lipinski definition) is 4. The van der Waals surface area contributed by atoms with Crippen molar-refractivity contribution in [3.8, 4) is 0 Å². The van der Waals surface area contributed by atoms with E-state index in [2.05, 4.69) is 40.8 Å². The first-order valence-corrected chi connectivity index (χ1v) is 10.0. The normalized spacial score (nSPS) is 20.2. The molecule has 0 unspecified atom stereocenters. The van der Waals surface area contributed by atoms with Crippen LogP contribution in [0, 0.1) is 13.3 Å². The van der Waals surface area contributed by atoms with E-state index in [1.807, 2.05) is 7.05 Å². The molecular weight excluding hydrogens is 385 g/mol. The number of likely N-dealkylation sites (tertiary alicyclic amines) is 1. The molecular formula is C20H47N4Y-. The molecule has 0 aliphatic carbocycles. The van der Waals surface area contributed by atoms with E-state index >= 15 is 0 Å². The first kappa shape index (κ1) is 28.2. The van der Waals surface area contributed by atoms with Gasteiger partial charge in [-0.2, -0.15) is 0 Å². The molecule has 2 fully saturated rings. The van der Waals surface area contributed by atoms with Gasteiger partial charge in [-0.05, 0) is 45.4 Å². The van der Waals surface area contributed by atoms with Crippen LogP contribution in [0.1, 0.15) is 47.9 Å². The summed E-state index contributed by atoms with van der Waals surface area (Å²) in [5, 5.41) is 3.25. The first-order chi connectivity index (χ1) is 11.2. The van der Waals surface area contributed by atoms with Crippen LogP contribution in [-0.2, 0) is 32.7 Å². The standard InChI is InChI=1S/C15H32N4.C4H10.CH3.Y.H2/c1-3-17-10-12-19(13-11-17)14-15-4-7-18(8-5-15)9-6-16-2;1-3-4-2;;;/h15-16H,3-14H2,1-2H3;3-4H2,1-2H3;1H3;;1H/q;;-1;;. The van der Waals surface area contributed by atoms with Crippen LogP contribution in [0.2, 0.25) is 0 Å². The number of likely N-dealkylation sites (N-methyl/N-ethyl adjacent to an activating group) is 2. The summed E-state index contributed by atoms with van der Waals surface area (Å²) >= 11 is 0. The van der Waals surface area contributed by atoms with Crippen molar-refractivity contribution in [3.63, 3.8) is 0 Å². The molecule has 151 valence electrons. The predicted molar refractivity (Wildman–Crippen MR) is 111 cm³/mol. The molecule has 5 heteroatoms. The topological polar surface area (TPSA) is 21.8 Å². The number of piperidine rings is 1. The van der Waals surface area contributed by atoms with Gasteiger partial charge in [-0.1, -0.05) is 33.6 Å². The van der Waals surface area contributed by atoms with Crippen molar-refractivity contribution < 1.29 is 34.1 Å². The fraction of sp³-hybridized carbons (Fsp3) is 0.950. The fourth-order valence-corrected chi connectivity index (χ4v) is 3.32. The molecule has 1 radical (unpaired) electrons. The number of unbranched alkanes of at least 4 members (excludes halogenated alkanes) is 1. The Bertz CT molecular complexity index is 267. The average molecular weight is 433 g/mol. The van der Waals surface area contributed by atoms with Crippen LogP contribution < -0.4 is 5.32 Å². The van der Waals surface area contributed by atoms with E-state index in [0.29, 0.717) is 0 Å². The van der Waals surface area contributed by atoms with Gasteiger partial charge in [0.25, 0.3) is 0 Å². The van der Waals surface area contributed by atoms with Crippen LogP contribution in [0.15, 0.2) is 0 Å². The summed E-state index contributed by atoms with van der Waals surface area (Å²) in [6.07, 6.45) is 5.44. The van der Waals surface area contributed by atoms with Gasteiger partial charge >= 0.3 is 0 Å². The van der Waals surface area contributed by atoms with Crippen molar-refractivity contribution in [3.05, 3.63) is 7.43 Å². The summed E-state index contributed by atoms with van der Waals surface area (Å²) in [5.41, 5.74) is 0. The SMILES string of the molecule is CCCC.CCN1CCN(CC2CCN(CCNC)CC2)CC1.[CH3-].[HH].[Y]. The molecule has 0 aromatic rings. The smallest absolute Gasteiger partial charge is 0.0110 e. The quantitative estimate of drug-likeness (QED) is 0.625. The van der Waals surface area contributed by atoms with E-state index in [0.717, 1.165) is 12.5 Å². The van der Waals surface area contributed by atoms with Crippen LogP contribution in [0.25, 0.3) is 0 Å². The Morgan fingerprint density at radius 2 is 1.36 bits per heavy atom. The summed E-state index contributed by atoms with van der Waals surface area (Å²) in [4.78, 5) is 7.87. The van der Waals surface area contributed by atoms with E-state index in [-0.39, 0.29) is 41.6 Å². The Labute approximate surface area is 185 Å². The zero-order valence-corrected chi connectivity index (χ0v) is 20.7. The summed E-state index contributed by atoms with van der Waals surface area (Å²) < 4.78 is 0. The molecule has 25 heavy (non-hydrogen) atoms. The third kappa shape index (κ3) is 12.9. The maximum atomic E-state index is 3.25. The summed E-state index contributed by atoms with van der Waals surface area (Å²) in [7, 11) is 2.04. The minimum Gasteiger partial charge on any atom is -0.358 e. The van der Waals surface area contributed by atoms with Gasteiger partial charge in [0.1, 0.15) is 0 Å². The van der Waals surface area contributed by atoms with E-state index in [1.54, 1.807) is 0 Å². The molecule has 4 nitrogen and oxygen atoms in total. The molecule has 2 aliphatic rings. The molecule has 0 bridgehead atoms. The Morgan fingerprint density at radius 1 is 0.840 bits per heavy atom. The van der Waals surface area contributed by atoms with Gasteiger partial charge in [-0.25, -0.2) is 0 Å². The molecule has 0 aromatic carbocycles. The van der Waals surface area contributed by atoms with Crippen LogP contribution in [-0.4, -0.2) is 87.2 Å². The molecule has 2 heterocycles. The maximum absolute atomic E-state index is 3.25. The third-order valence-electron chi connectivity index (χ3n) is 5.31. The molecule has 0 amide bonds. The van der Waals surface area contributed by atoms with Crippen molar-refractivity contribution in [2.75, 3.05) is 72.5 Å². The molecule has 1 N–H and O–H groups in total. The van der Waals surface area contributed by atoms with Crippen molar-refractivity contribution in [1.29, 1.82) is 0 Å². The van der Waals surface area contributed by atoms with Crippen LogP contribution in [0.4, 0.5) is 0 Å². The third-order valence-corrected chi connectivity index (χ3v) is 5.31. The van der Waals surface area contributed by atoms with Crippen molar-refractivity contribution in [2.45, 2.75) is 46.5 Å². The maximum Gasteiger partial charge on any atom is 0.0110 e. The molecule has 0 saturated carbocycles. The van der Waals surface area contributed by atoms with Gasteiger partial charge in [0.2, 0.25) is 0 Å². The average Bonchev–Trinajstić information content (AvgIpc) is 2.62. The molecule has 0 aromatic heterocycles. The fourth-order valence-electron chi connectivity index (χ4n) is 3.32. The Hall–Kier alpha value is 0.944. The molecule has 0 atom stereocenters. The zero-order chi connectivity index (χ0) is 16.9. The zero-order valence-electron chi connectivity index (χ0n) is 17.9. The number of piperazine rings is 1. The van der Waals surface area contributed by atoms with Gasteiger partial charge in [-0.15, -0.1) is 0 Å². The van der Waals surface area contributed by atoms with E-state index in [1.165, 1.54) is 84.6 Å². The first-order valence-electron chi connectivity index (χ1n) is 10.0. The second-order valence-corrected chi connectivity index (χ2v) is 7.12. The Morgan fingerprint density at radius 3 is 1.80 bits per heavy atom. The molecule has 0 spiro atoms. The van der Waals surface area contributed by atoms with Crippen LogP contribution in [0.5, 0.6) is 0 Å². The number of nitrogens with one attached hydrogen (secondary N) is 1. The second kappa shape index (κ2) is 18.3. The van der Waals surface area contributed by atoms with Gasteiger partial charge < -0.3 is 27.4 Å². The minimum atomic E-state index is 0. The van der Waals surface area contributed by atoms with Crippen molar-refractivity contribution >= 4 is 0 Å². The van der Waals surface area contributed by atoms with Crippen LogP contribution in [0.3, 0.4) is 0 Å². The largest absolute Gasteiger partial charge is 0.358 e. The van der Waals surface area contributed by atoms with Crippen molar-refractivity contribution in [2.24, 2.45) is 5.92 Å². The number of hydrogen-bond donors (Lipinski definition) is 1. The van der Waals surface area contributed by atoms with E-state index in [4.69, 9.17) is 0 Å². The Balaban J connectivity index is -0.000000689. The van der Waals surface area contributed by atoms with Crippen LogP contribution >= 0.6 is 0 Å². The molecule has 2 aliphatic heterocycles. The second-order valence-electron chi connectivity index (χ2n) is 7.12. The summed E-state index contributed by atoms with van der Waals surface area (Å²) in [6, 6.07) is 0. The summed E-state index contributed by atoms with van der Waals surface area (Å²) in [5.74, 6) is 0.944. The number of rotatable bonds is 7. The predicted octanol–water partition coefficient (Wildman–Crippen LogP) is 3.06. The van der Waals surface area contributed by atoms with Gasteiger partial charge in [0.05, 0.1) is 0 Å². The monoisotopic (exact) mass is 432 g/mol. The van der Waals surface area contributed by atoms with Gasteiger partial charge in [0.15, 0.2) is 0 Å². The molecule has 2 saturated heterocycles. The van der Waals surface area contributed by atoms with E-state index < -0.39 is 0 Å². The van der Waals surface area contributed by atoms with Crippen molar-refractivity contribution in [1.82, 2.24) is 20.0 Å².